The van der Waals surface area contributed by atoms with Crippen LogP contribution in [0.3, 0.4) is 0 Å². The summed E-state index contributed by atoms with van der Waals surface area (Å²) in [5.74, 6) is 0.504. The summed E-state index contributed by atoms with van der Waals surface area (Å²) in [5.41, 5.74) is 0. The second-order valence-electron chi connectivity index (χ2n) is 4.61. The smallest absolute Gasteiger partial charge is 0.0953 e. The molecule has 0 atom stereocenters. The molecule has 0 aliphatic rings. The van der Waals surface area contributed by atoms with Crippen molar-refractivity contribution >= 4 is 11.3 Å². The van der Waals surface area contributed by atoms with Gasteiger partial charge in [0.1, 0.15) is 0 Å². The van der Waals surface area contributed by atoms with Crippen molar-refractivity contribution in [3.8, 4) is 0 Å². The molecule has 1 heterocycles. The summed E-state index contributed by atoms with van der Waals surface area (Å²) >= 11 is 1.78. The SMILES string of the molecule is CC(C)c1ncc(CN(CCO)C(C)C)s1. The van der Waals surface area contributed by atoms with Crippen LogP contribution in [0.5, 0.6) is 0 Å². The number of aromatic nitrogens is 1. The molecule has 0 saturated heterocycles. The lowest BCUT2D eigenvalue weighted by atomic mass is 10.2. The number of rotatable bonds is 6. The third kappa shape index (κ3) is 3.85. The van der Waals surface area contributed by atoms with Crippen LogP contribution in [0.4, 0.5) is 0 Å². The van der Waals surface area contributed by atoms with Gasteiger partial charge in [0.2, 0.25) is 0 Å². The van der Waals surface area contributed by atoms with Gasteiger partial charge >= 0.3 is 0 Å². The van der Waals surface area contributed by atoms with Crippen LogP contribution in [0.2, 0.25) is 0 Å². The predicted octanol–water partition coefficient (Wildman–Crippen LogP) is 2.47. The summed E-state index contributed by atoms with van der Waals surface area (Å²) in [5, 5.41) is 10.2. The number of hydrogen-bond donors (Lipinski definition) is 1. The van der Waals surface area contributed by atoms with Crippen LogP contribution >= 0.6 is 11.3 Å². The highest BCUT2D eigenvalue weighted by Crippen LogP contribution is 2.22. The number of hydrogen-bond acceptors (Lipinski definition) is 4. The van der Waals surface area contributed by atoms with Crippen molar-refractivity contribution in [3.63, 3.8) is 0 Å². The number of aliphatic hydroxyl groups is 1. The average Bonchev–Trinajstić information content (AvgIpc) is 2.65. The zero-order valence-electron chi connectivity index (χ0n) is 10.6. The molecule has 0 radical (unpaired) electrons. The lowest BCUT2D eigenvalue weighted by Gasteiger charge is -2.24. The van der Waals surface area contributed by atoms with E-state index in [2.05, 4.69) is 37.6 Å². The topological polar surface area (TPSA) is 36.4 Å². The zero-order chi connectivity index (χ0) is 12.1. The quantitative estimate of drug-likeness (QED) is 0.832. The van der Waals surface area contributed by atoms with E-state index in [0.29, 0.717) is 12.0 Å². The van der Waals surface area contributed by atoms with Gasteiger partial charge in [-0.1, -0.05) is 13.8 Å². The monoisotopic (exact) mass is 242 g/mol. The van der Waals surface area contributed by atoms with Crippen LogP contribution in [0, 0.1) is 0 Å². The van der Waals surface area contributed by atoms with E-state index in [1.54, 1.807) is 11.3 Å². The van der Waals surface area contributed by atoms with Gasteiger partial charge in [-0.05, 0) is 13.8 Å². The van der Waals surface area contributed by atoms with E-state index in [0.717, 1.165) is 13.1 Å². The molecule has 0 amide bonds. The van der Waals surface area contributed by atoms with Crippen molar-refractivity contribution in [3.05, 3.63) is 16.1 Å². The normalized spacial score (nSPS) is 12.0. The fraction of sp³-hybridized carbons (Fsp3) is 0.750. The lowest BCUT2D eigenvalue weighted by Crippen LogP contribution is -2.32. The predicted molar refractivity (Wildman–Crippen MR) is 68.8 cm³/mol. The van der Waals surface area contributed by atoms with Gasteiger partial charge < -0.3 is 5.11 Å². The molecule has 3 nitrogen and oxygen atoms in total. The summed E-state index contributed by atoms with van der Waals surface area (Å²) in [4.78, 5) is 7.96. The fourth-order valence-electron chi connectivity index (χ4n) is 1.51. The molecule has 16 heavy (non-hydrogen) atoms. The number of aliphatic hydroxyl groups excluding tert-OH is 1. The molecule has 0 fully saturated rings. The van der Waals surface area contributed by atoms with Crippen LogP contribution in [0.25, 0.3) is 0 Å². The Hall–Kier alpha value is -0.450. The first-order valence-electron chi connectivity index (χ1n) is 5.84. The Balaban J connectivity index is 2.62. The van der Waals surface area contributed by atoms with E-state index in [-0.39, 0.29) is 6.61 Å². The van der Waals surface area contributed by atoms with E-state index < -0.39 is 0 Å². The van der Waals surface area contributed by atoms with Crippen molar-refractivity contribution in [2.24, 2.45) is 0 Å². The van der Waals surface area contributed by atoms with Crippen molar-refractivity contribution < 1.29 is 5.11 Å². The minimum Gasteiger partial charge on any atom is -0.395 e. The van der Waals surface area contributed by atoms with E-state index in [1.807, 2.05) is 6.20 Å². The van der Waals surface area contributed by atoms with Crippen molar-refractivity contribution in [2.45, 2.75) is 46.2 Å². The summed E-state index contributed by atoms with van der Waals surface area (Å²) < 4.78 is 0. The maximum absolute atomic E-state index is 9.00. The minimum absolute atomic E-state index is 0.216. The number of nitrogens with zero attached hydrogens (tertiary/aromatic N) is 2. The van der Waals surface area contributed by atoms with Gasteiger partial charge in [-0.3, -0.25) is 4.90 Å². The molecule has 0 unspecified atom stereocenters. The number of thiazole rings is 1. The molecule has 1 rings (SSSR count). The van der Waals surface area contributed by atoms with Crippen molar-refractivity contribution in [1.29, 1.82) is 0 Å². The summed E-state index contributed by atoms with van der Waals surface area (Å²) in [7, 11) is 0. The highest BCUT2D eigenvalue weighted by Gasteiger charge is 2.12. The average molecular weight is 242 g/mol. The molecule has 0 aliphatic carbocycles. The van der Waals surface area contributed by atoms with Gasteiger partial charge in [0.25, 0.3) is 0 Å². The van der Waals surface area contributed by atoms with Gasteiger partial charge in [0.15, 0.2) is 0 Å². The maximum Gasteiger partial charge on any atom is 0.0953 e. The Labute approximate surface area is 102 Å². The van der Waals surface area contributed by atoms with Crippen LogP contribution in [0.1, 0.15) is 43.5 Å². The highest BCUT2D eigenvalue weighted by molar-refractivity contribution is 7.11. The molecule has 1 N–H and O–H groups in total. The first-order chi connectivity index (χ1) is 7.54. The zero-order valence-corrected chi connectivity index (χ0v) is 11.4. The lowest BCUT2D eigenvalue weighted by molar-refractivity contribution is 0.160. The van der Waals surface area contributed by atoms with Gasteiger partial charge in [-0.2, -0.15) is 0 Å². The molecule has 0 aromatic carbocycles. The highest BCUT2D eigenvalue weighted by atomic mass is 32.1. The van der Waals surface area contributed by atoms with Crippen molar-refractivity contribution in [1.82, 2.24) is 9.88 Å². The molecule has 1 aromatic rings. The molecule has 1 aromatic heterocycles. The van der Waals surface area contributed by atoms with E-state index in [9.17, 15) is 0 Å². The molecule has 92 valence electrons. The largest absolute Gasteiger partial charge is 0.395 e. The molecule has 0 aliphatic heterocycles. The van der Waals surface area contributed by atoms with Gasteiger partial charge in [-0.15, -0.1) is 11.3 Å². The second kappa shape index (κ2) is 6.33. The molecular weight excluding hydrogens is 220 g/mol. The van der Waals surface area contributed by atoms with Gasteiger partial charge in [0.05, 0.1) is 11.6 Å². The van der Waals surface area contributed by atoms with E-state index in [4.69, 9.17) is 5.11 Å². The third-order valence-electron chi connectivity index (χ3n) is 2.54. The molecule has 4 heteroatoms. The van der Waals surface area contributed by atoms with Crippen LogP contribution < -0.4 is 0 Å². The van der Waals surface area contributed by atoms with Gasteiger partial charge in [0, 0.05) is 36.1 Å². The first-order valence-corrected chi connectivity index (χ1v) is 6.65. The Kier molecular flexibility index (Phi) is 5.38. The molecular formula is C12H22N2OS. The third-order valence-corrected chi connectivity index (χ3v) is 3.82. The van der Waals surface area contributed by atoms with E-state index in [1.165, 1.54) is 9.88 Å². The Morgan fingerprint density at radius 1 is 1.38 bits per heavy atom. The van der Waals surface area contributed by atoms with Crippen LogP contribution in [-0.4, -0.2) is 34.2 Å². The van der Waals surface area contributed by atoms with Gasteiger partial charge in [-0.25, -0.2) is 4.98 Å². The fourth-order valence-corrected chi connectivity index (χ4v) is 2.46. The standard InChI is InChI=1S/C12H22N2OS/c1-9(2)12-13-7-11(16-12)8-14(5-6-15)10(3)4/h7,9-10,15H,5-6,8H2,1-4H3. The van der Waals surface area contributed by atoms with Crippen molar-refractivity contribution in [2.75, 3.05) is 13.2 Å². The van der Waals surface area contributed by atoms with E-state index >= 15 is 0 Å². The molecule has 0 saturated carbocycles. The Morgan fingerprint density at radius 2 is 2.06 bits per heavy atom. The first kappa shape index (κ1) is 13.6. The maximum atomic E-state index is 9.00. The van der Waals surface area contributed by atoms with Crippen LogP contribution in [0.15, 0.2) is 6.20 Å². The van der Waals surface area contributed by atoms with Crippen LogP contribution in [-0.2, 0) is 6.54 Å². The molecule has 0 spiro atoms. The second-order valence-corrected chi connectivity index (χ2v) is 5.75. The Bertz CT molecular complexity index is 310. The summed E-state index contributed by atoms with van der Waals surface area (Å²) in [6, 6.07) is 0.455. The summed E-state index contributed by atoms with van der Waals surface area (Å²) in [6.45, 7) is 10.5. The summed E-state index contributed by atoms with van der Waals surface area (Å²) in [6.07, 6.45) is 1.97. The minimum atomic E-state index is 0.216. The molecule has 0 bridgehead atoms. The Morgan fingerprint density at radius 3 is 2.50 bits per heavy atom.